The van der Waals surface area contributed by atoms with Gasteiger partial charge in [-0.05, 0) is 53.7 Å². The minimum Gasteiger partial charge on any atom is -0.438 e. The van der Waals surface area contributed by atoms with Gasteiger partial charge in [0.05, 0.1) is 23.4 Å². The molecule has 0 atom stereocenters. The van der Waals surface area contributed by atoms with Gasteiger partial charge in [0.15, 0.2) is 10.8 Å². The number of thiazole rings is 1. The van der Waals surface area contributed by atoms with E-state index in [0.717, 1.165) is 53.7 Å². The summed E-state index contributed by atoms with van der Waals surface area (Å²) in [7, 11) is 0. The number of fused-ring (bicyclic) bond motifs is 2. The number of nitrogen functional groups attached to an aromatic ring is 1. The molecule has 0 amide bonds. The maximum atomic E-state index is 6.09. The number of rotatable bonds is 6. The van der Waals surface area contributed by atoms with Gasteiger partial charge in [-0.1, -0.05) is 23.5 Å². The molecular weight excluding hydrogens is 470 g/mol. The van der Waals surface area contributed by atoms with E-state index in [1.54, 1.807) is 10.6 Å². The molecule has 0 saturated carbocycles. The lowest BCUT2D eigenvalue weighted by atomic mass is 10.2. The molecule has 2 N–H and O–H groups in total. The third kappa shape index (κ3) is 4.55. The zero-order chi connectivity index (χ0) is 22.9. The Balaban J connectivity index is 1.22. The molecule has 1 saturated heterocycles. The number of hydrogen-bond donors (Lipinski definition) is 1. The van der Waals surface area contributed by atoms with E-state index in [-0.39, 0.29) is 0 Å². The largest absolute Gasteiger partial charge is 0.438 e. The fourth-order valence-electron chi connectivity index (χ4n) is 3.81. The molecule has 2 aromatic carbocycles. The van der Waals surface area contributed by atoms with Gasteiger partial charge in [-0.25, -0.2) is 4.98 Å². The summed E-state index contributed by atoms with van der Waals surface area (Å²) in [6.45, 7) is 4.33. The Morgan fingerprint density at radius 2 is 1.97 bits per heavy atom. The Morgan fingerprint density at radius 1 is 1.06 bits per heavy atom. The monoisotopic (exact) mass is 491 g/mol. The number of hydrogen-bond acceptors (Lipinski definition) is 10. The molecular formula is C23H21N7O2S2. The minimum atomic E-state index is 0.475. The highest BCUT2D eigenvalue weighted by atomic mass is 32.2. The predicted octanol–water partition coefficient (Wildman–Crippen LogP) is 4.09. The third-order valence-corrected chi connectivity index (χ3v) is 7.20. The van der Waals surface area contributed by atoms with Gasteiger partial charge in [-0.3, -0.25) is 4.90 Å². The van der Waals surface area contributed by atoms with Gasteiger partial charge in [0.2, 0.25) is 11.0 Å². The average Bonchev–Trinajstić information content (AvgIpc) is 3.42. The Morgan fingerprint density at radius 3 is 2.88 bits per heavy atom. The van der Waals surface area contributed by atoms with Gasteiger partial charge in [0, 0.05) is 30.6 Å². The van der Waals surface area contributed by atoms with Crippen LogP contribution in [0.25, 0.3) is 15.9 Å². The van der Waals surface area contributed by atoms with Crippen molar-refractivity contribution in [2.75, 3.05) is 32.0 Å². The van der Waals surface area contributed by atoms with Crippen LogP contribution < -0.4 is 10.5 Å². The lowest BCUT2D eigenvalue weighted by molar-refractivity contribution is 0.0342. The Bertz CT molecular complexity index is 1460. The highest BCUT2D eigenvalue weighted by molar-refractivity contribution is 7.99. The summed E-state index contributed by atoms with van der Waals surface area (Å²) in [5, 5.41) is 14.4. The molecule has 11 heteroatoms. The summed E-state index contributed by atoms with van der Waals surface area (Å²) in [6, 6.07) is 17.8. The fourth-order valence-corrected chi connectivity index (χ4v) is 5.48. The first kappa shape index (κ1) is 21.3. The minimum absolute atomic E-state index is 0.475. The van der Waals surface area contributed by atoms with Crippen molar-refractivity contribution >= 4 is 44.1 Å². The molecule has 0 bridgehead atoms. The van der Waals surface area contributed by atoms with Crippen molar-refractivity contribution in [1.82, 2.24) is 29.7 Å². The normalized spacial score (nSPS) is 14.7. The first-order valence-corrected chi connectivity index (χ1v) is 12.5. The summed E-state index contributed by atoms with van der Waals surface area (Å²) < 4.78 is 14.3. The van der Waals surface area contributed by atoms with E-state index in [1.807, 2.05) is 30.3 Å². The molecule has 5 aromatic rings. The van der Waals surface area contributed by atoms with Crippen LogP contribution in [-0.4, -0.2) is 56.0 Å². The Hall–Kier alpha value is -3.25. The molecule has 3 aromatic heterocycles. The summed E-state index contributed by atoms with van der Waals surface area (Å²) >= 11 is 2.94. The molecule has 1 aliphatic rings. The average molecular weight is 492 g/mol. The SMILES string of the molecule is Nc1nc2ccc(Sc3nnc4ccc(Oc5cccc(CN6CCOCC6)c5)nn34)cc2s1. The summed E-state index contributed by atoms with van der Waals surface area (Å²) in [6.07, 6.45) is 0. The predicted molar refractivity (Wildman–Crippen MR) is 132 cm³/mol. The number of ether oxygens (including phenoxy) is 2. The molecule has 4 heterocycles. The molecule has 1 fully saturated rings. The van der Waals surface area contributed by atoms with Crippen molar-refractivity contribution in [3.05, 3.63) is 60.2 Å². The topological polar surface area (TPSA) is 104 Å². The van der Waals surface area contributed by atoms with E-state index in [1.165, 1.54) is 28.7 Å². The number of benzene rings is 2. The molecule has 6 rings (SSSR count). The van der Waals surface area contributed by atoms with E-state index in [2.05, 4.69) is 43.4 Å². The number of anilines is 1. The van der Waals surface area contributed by atoms with Crippen molar-refractivity contribution in [1.29, 1.82) is 0 Å². The molecule has 172 valence electrons. The molecule has 0 spiro atoms. The van der Waals surface area contributed by atoms with Crippen LogP contribution in [0, 0.1) is 0 Å². The van der Waals surface area contributed by atoms with Crippen molar-refractivity contribution < 1.29 is 9.47 Å². The quantitative estimate of drug-likeness (QED) is 0.376. The van der Waals surface area contributed by atoms with Crippen LogP contribution in [0.5, 0.6) is 11.6 Å². The standard InChI is InChI=1S/C23H21N7O2S2/c24-22-25-18-5-4-17(13-19(18)34-22)33-23-27-26-20-6-7-21(28-30(20)23)32-16-3-1-2-15(12-16)14-29-8-10-31-11-9-29/h1-7,12-13H,8-11,14H2,(H2,24,25). The molecule has 0 radical (unpaired) electrons. The van der Waals surface area contributed by atoms with Crippen LogP contribution >= 0.6 is 23.1 Å². The van der Waals surface area contributed by atoms with Crippen LogP contribution in [0.3, 0.4) is 0 Å². The second-order valence-electron chi connectivity index (χ2n) is 7.85. The van der Waals surface area contributed by atoms with E-state index >= 15 is 0 Å². The van der Waals surface area contributed by atoms with Crippen molar-refractivity contribution in [3.63, 3.8) is 0 Å². The first-order chi connectivity index (χ1) is 16.7. The van der Waals surface area contributed by atoms with Gasteiger partial charge >= 0.3 is 0 Å². The van der Waals surface area contributed by atoms with Crippen LogP contribution in [0.2, 0.25) is 0 Å². The second-order valence-corrected chi connectivity index (χ2v) is 9.95. The summed E-state index contributed by atoms with van der Waals surface area (Å²) in [5.74, 6) is 1.22. The highest BCUT2D eigenvalue weighted by Gasteiger charge is 2.13. The maximum Gasteiger partial charge on any atom is 0.237 e. The molecule has 0 unspecified atom stereocenters. The number of nitrogens with two attached hydrogens (primary N) is 1. The van der Waals surface area contributed by atoms with E-state index in [4.69, 9.17) is 15.2 Å². The lowest BCUT2D eigenvalue weighted by Gasteiger charge is -2.26. The Labute approximate surface area is 203 Å². The van der Waals surface area contributed by atoms with Gasteiger partial charge in [0.1, 0.15) is 5.75 Å². The zero-order valence-corrected chi connectivity index (χ0v) is 19.8. The van der Waals surface area contributed by atoms with Crippen LogP contribution in [-0.2, 0) is 11.3 Å². The number of nitrogens with zero attached hydrogens (tertiary/aromatic N) is 6. The van der Waals surface area contributed by atoms with Crippen molar-refractivity contribution in [2.45, 2.75) is 16.6 Å². The van der Waals surface area contributed by atoms with Gasteiger partial charge in [-0.2, -0.15) is 4.52 Å². The van der Waals surface area contributed by atoms with Gasteiger partial charge in [-0.15, -0.1) is 15.3 Å². The smallest absolute Gasteiger partial charge is 0.237 e. The van der Waals surface area contributed by atoms with E-state index < -0.39 is 0 Å². The summed E-state index contributed by atoms with van der Waals surface area (Å²) in [4.78, 5) is 7.70. The Kier molecular flexibility index (Phi) is 5.75. The van der Waals surface area contributed by atoms with Crippen LogP contribution in [0.15, 0.2) is 64.6 Å². The van der Waals surface area contributed by atoms with Gasteiger partial charge < -0.3 is 15.2 Å². The highest BCUT2D eigenvalue weighted by Crippen LogP contribution is 2.32. The van der Waals surface area contributed by atoms with E-state index in [9.17, 15) is 0 Å². The molecule has 34 heavy (non-hydrogen) atoms. The molecule has 0 aliphatic carbocycles. The number of morpholine rings is 1. The molecule has 1 aliphatic heterocycles. The van der Waals surface area contributed by atoms with E-state index in [0.29, 0.717) is 21.8 Å². The first-order valence-electron chi connectivity index (χ1n) is 10.8. The van der Waals surface area contributed by atoms with Crippen LogP contribution in [0.1, 0.15) is 5.56 Å². The van der Waals surface area contributed by atoms with Crippen LogP contribution in [0.4, 0.5) is 5.13 Å². The maximum absolute atomic E-state index is 6.09. The van der Waals surface area contributed by atoms with Crippen molar-refractivity contribution in [2.24, 2.45) is 0 Å². The second kappa shape index (κ2) is 9.18. The number of aromatic nitrogens is 5. The lowest BCUT2D eigenvalue weighted by Crippen LogP contribution is -2.35. The molecule has 9 nitrogen and oxygen atoms in total. The van der Waals surface area contributed by atoms with Gasteiger partial charge in [0.25, 0.3) is 0 Å². The fraction of sp³-hybridized carbons (Fsp3) is 0.217. The van der Waals surface area contributed by atoms with Crippen molar-refractivity contribution in [3.8, 4) is 11.6 Å². The third-order valence-electron chi connectivity index (χ3n) is 5.43. The zero-order valence-electron chi connectivity index (χ0n) is 18.1. The summed E-state index contributed by atoms with van der Waals surface area (Å²) in [5.41, 5.74) is 8.57.